The summed E-state index contributed by atoms with van der Waals surface area (Å²) >= 11 is 0. The van der Waals surface area contributed by atoms with Gasteiger partial charge in [-0.15, -0.1) is 0 Å². The number of hydrogen-bond donors (Lipinski definition) is 2. The fourth-order valence-electron chi connectivity index (χ4n) is 2.53. The molecule has 0 radical (unpaired) electrons. The minimum atomic E-state index is 0.0931. The summed E-state index contributed by atoms with van der Waals surface area (Å²) in [5, 5.41) is 6.25. The number of ether oxygens (including phenoxy) is 1. The van der Waals surface area contributed by atoms with Crippen molar-refractivity contribution < 1.29 is 9.53 Å². The van der Waals surface area contributed by atoms with Gasteiger partial charge in [-0.3, -0.25) is 4.79 Å². The number of amides is 1. The number of aryl methyl sites for hydroxylation is 1. The van der Waals surface area contributed by atoms with Crippen LogP contribution in [0.1, 0.15) is 24.0 Å². The number of methoxy groups -OCH3 is 1. The average molecular weight is 326 g/mol. The summed E-state index contributed by atoms with van der Waals surface area (Å²) in [6, 6.07) is 18.2. The molecule has 128 valence electrons. The molecule has 0 aliphatic rings. The van der Waals surface area contributed by atoms with Crippen molar-refractivity contribution in [2.45, 2.75) is 25.8 Å². The smallest absolute Gasteiger partial charge is 0.221 e. The summed E-state index contributed by atoms with van der Waals surface area (Å²) in [5.74, 6) is 0.964. The lowest BCUT2D eigenvalue weighted by molar-refractivity contribution is -0.121. The molecule has 4 nitrogen and oxygen atoms in total. The summed E-state index contributed by atoms with van der Waals surface area (Å²) in [6.07, 6.45) is 2.44. The van der Waals surface area contributed by atoms with E-state index in [1.54, 1.807) is 7.11 Å². The fraction of sp³-hybridized carbons (Fsp3) is 0.350. The van der Waals surface area contributed by atoms with Crippen LogP contribution in [-0.4, -0.2) is 26.1 Å². The highest BCUT2D eigenvalue weighted by atomic mass is 16.5. The normalized spacial score (nSPS) is 10.4. The van der Waals surface area contributed by atoms with Crippen molar-refractivity contribution in [1.29, 1.82) is 0 Å². The zero-order valence-corrected chi connectivity index (χ0v) is 14.3. The van der Waals surface area contributed by atoms with E-state index >= 15 is 0 Å². The Morgan fingerprint density at radius 1 is 1.00 bits per heavy atom. The van der Waals surface area contributed by atoms with Crippen molar-refractivity contribution in [3.8, 4) is 5.75 Å². The van der Waals surface area contributed by atoms with Gasteiger partial charge in [0.15, 0.2) is 0 Å². The molecule has 0 aromatic heterocycles. The molecule has 0 fully saturated rings. The summed E-state index contributed by atoms with van der Waals surface area (Å²) in [4.78, 5) is 11.8. The van der Waals surface area contributed by atoms with Gasteiger partial charge in [0.05, 0.1) is 7.11 Å². The molecule has 0 saturated carbocycles. The van der Waals surface area contributed by atoms with Crippen LogP contribution >= 0.6 is 0 Å². The molecule has 1 amide bonds. The van der Waals surface area contributed by atoms with Crippen LogP contribution in [0.2, 0.25) is 0 Å². The van der Waals surface area contributed by atoms with Crippen LogP contribution in [0.5, 0.6) is 5.75 Å². The van der Waals surface area contributed by atoms with E-state index in [-0.39, 0.29) is 5.91 Å². The Labute approximate surface area is 144 Å². The highest BCUT2D eigenvalue weighted by molar-refractivity contribution is 5.76. The van der Waals surface area contributed by atoms with Crippen LogP contribution in [0.15, 0.2) is 54.6 Å². The van der Waals surface area contributed by atoms with E-state index in [0.717, 1.165) is 30.7 Å². The van der Waals surface area contributed by atoms with Crippen molar-refractivity contribution >= 4 is 5.91 Å². The quantitative estimate of drug-likeness (QED) is 0.660. The van der Waals surface area contributed by atoms with Gasteiger partial charge in [-0.25, -0.2) is 0 Å². The monoisotopic (exact) mass is 326 g/mol. The third-order valence-electron chi connectivity index (χ3n) is 3.84. The lowest BCUT2D eigenvalue weighted by Crippen LogP contribution is -2.28. The zero-order valence-electron chi connectivity index (χ0n) is 14.3. The molecule has 2 aromatic rings. The third kappa shape index (κ3) is 6.42. The van der Waals surface area contributed by atoms with Crippen molar-refractivity contribution in [2.24, 2.45) is 0 Å². The van der Waals surface area contributed by atoms with Crippen molar-refractivity contribution in [3.63, 3.8) is 0 Å². The second-order valence-electron chi connectivity index (χ2n) is 5.68. The Morgan fingerprint density at radius 3 is 2.54 bits per heavy atom. The van der Waals surface area contributed by atoms with Gasteiger partial charge < -0.3 is 15.4 Å². The lowest BCUT2D eigenvalue weighted by Gasteiger charge is -2.09. The van der Waals surface area contributed by atoms with Crippen molar-refractivity contribution in [3.05, 3.63) is 65.7 Å². The van der Waals surface area contributed by atoms with E-state index in [9.17, 15) is 4.79 Å². The van der Waals surface area contributed by atoms with E-state index in [1.807, 2.05) is 42.5 Å². The molecular formula is C20H26N2O2. The van der Waals surface area contributed by atoms with Gasteiger partial charge in [-0.2, -0.15) is 0 Å². The first-order chi connectivity index (χ1) is 11.8. The average Bonchev–Trinajstić information content (AvgIpc) is 2.63. The number of carbonyl (C=O) groups excluding carboxylic acids is 1. The standard InChI is InChI=1S/C20H26N2O2/c1-24-19-12-6-5-11-18(19)16-21-15-13-20(23)22-14-7-10-17-8-3-2-4-9-17/h2-6,8-9,11-12,21H,7,10,13-16H2,1H3,(H,22,23). The Morgan fingerprint density at radius 2 is 1.75 bits per heavy atom. The topological polar surface area (TPSA) is 50.4 Å². The van der Waals surface area contributed by atoms with E-state index in [0.29, 0.717) is 19.5 Å². The minimum absolute atomic E-state index is 0.0931. The van der Waals surface area contributed by atoms with Crippen LogP contribution in [-0.2, 0) is 17.8 Å². The molecule has 0 unspecified atom stereocenters. The van der Waals surface area contributed by atoms with Crippen LogP contribution in [0.25, 0.3) is 0 Å². The van der Waals surface area contributed by atoms with Crippen LogP contribution < -0.4 is 15.4 Å². The van der Waals surface area contributed by atoms with Crippen LogP contribution in [0.4, 0.5) is 0 Å². The number of hydrogen-bond acceptors (Lipinski definition) is 3. The van der Waals surface area contributed by atoms with E-state index in [1.165, 1.54) is 5.56 Å². The molecule has 24 heavy (non-hydrogen) atoms. The Kier molecular flexibility index (Phi) is 7.84. The maximum atomic E-state index is 11.8. The van der Waals surface area contributed by atoms with E-state index < -0.39 is 0 Å². The predicted molar refractivity (Wildman–Crippen MR) is 97.1 cm³/mol. The second-order valence-corrected chi connectivity index (χ2v) is 5.68. The van der Waals surface area contributed by atoms with Crippen LogP contribution in [0.3, 0.4) is 0 Å². The van der Waals surface area contributed by atoms with Gasteiger partial charge >= 0.3 is 0 Å². The maximum Gasteiger partial charge on any atom is 0.221 e. The largest absolute Gasteiger partial charge is 0.496 e. The highest BCUT2D eigenvalue weighted by Gasteiger charge is 2.03. The first-order valence-electron chi connectivity index (χ1n) is 8.43. The zero-order chi connectivity index (χ0) is 17.0. The van der Waals surface area contributed by atoms with Gasteiger partial charge in [0.1, 0.15) is 5.75 Å². The molecule has 0 aliphatic heterocycles. The molecule has 2 aromatic carbocycles. The molecular weight excluding hydrogens is 300 g/mol. The first kappa shape index (κ1) is 18.0. The van der Waals surface area contributed by atoms with E-state index in [2.05, 4.69) is 22.8 Å². The van der Waals surface area contributed by atoms with E-state index in [4.69, 9.17) is 4.74 Å². The molecule has 2 N–H and O–H groups in total. The van der Waals surface area contributed by atoms with Crippen LogP contribution in [0, 0.1) is 0 Å². The predicted octanol–water partition coefficient (Wildman–Crippen LogP) is 2.92. The molecule has 0 atom stereocenters. The Balaban J connectivity index is 1.55. The Hall–Kier alpha value is -2.33. The molecule has 0 saturated heterocycles. The second kappa shape index (κ2) is 10.4. The molecule has 0 aliphatic carbocycles. The van der Waals surface area contributed by atoms with Gasteiger partial charge in [0.2, 0.25) is 5.91 Å². The lowest BCUT2D eigenvalue weighted by atomic mass is 10.1. The first-order valence-corrected chi connectivity index (χ1v) is 8.43. The molecule has 0 heterocycles. The summed E-state index contributed by atoms with van der Waals surface area (Å²) in [7, 11) is 1.67. The van der Waals surface area contributed by atoms with Crippen molar-refractivity contribution in [1.82, 2.24) is 10.6 Å². The number of nitrogens with one attached hydrogen (secondary N) is 2. The third-order valence-corrected chi connectivity index (χ3v) is 3.84. The fourth-order valence-corrected chi connectivity index (χ4v) is 2.53. The summed E-state index contributed by atoms with van der Waals surface area (Å²) < 4.78 is 5.31. The molecule has 4 heteroatoms. The van der Waals surface area contributed by atoms with Gasteiger partial charge in [-0.05, 0) is 24.5 Å². The molecule has 2 rings (SSSR count). The SMILES string of the molecule is COc1ccccc1CNCCC(=O)NCCCc1ccccc1. The maximum absolute atomic E-state index is 11.8. The molecule has 0 spiro atoms. The number of rotatable bonds is 10. The van der Waals surface area contributed by atoms with Gasteiger partial charge in [0.25, 0.3) is 0 Å². The number of para-hydroxylation sites is 1. The summed E-state index contributed by atoms with van der Waals surface area (Å²) in [5.41, 5.74) is 2.41. The summed E-state index contributed by atoms with van der Waals surface area (Å²) in [6.45, 7) is 2.08. The highest BCUT2D eigenvalue weighted by Crippen LogP contribution is 2.16. The van der Waals surface area contributed by atoms with Gasteiger partial charge in [-0.1, -0.05) is 48.5 Å². The van der Waals surface area contributed by atoms with Gasteiger partial charge in [0, 0.05) is 31.6 Å². The minimum Gasteiger partial charge on any atom is -0.496 e. The van der Waals surface area contributed by atoms with Crippen molar-refractivity contribution in [2.75, 3.05) is 20.2 Å². The molecule has 0 bridgehead atoms. The number of benzene rings is 2. The Bertz CT molecular complexity index is 614. The number of carbonyl (C=O) groups is 1.